The highest BCUT2D eigenvalue weighted by molar-refractivity contribution is 8.18. The lowest BCUT2D eigenvalue weighted by atomic mass is 9.97. The maximum absolute atomic E-state index is 11.8. The van der Waals surface area contributed by atoms with Crippen molar-refractivity contribution in [3.63, 3.8) is 0 Å². The van der Waals surface area contributed by atoms with Gasteiger partial charge in [0, 0.05) is 43.7 Å². The minimum atomic E-state index is -0.387. The Kier molecular flexibility index (Phi) is 8.38. The maximum Gasteiger partial charge on any atom is 0.290 e. The number of amides is 2. The molecule has 2 saturated heterocycles. The molecule has 39 heavy (non-hydrogen) atoms. The predicted octanol–water partition coefficient (Wildman–Crippen LogP) is 3.89. The van der Waals surface area contributed by atoms with Crippen LogP contribution in [0.4, 0.5) is 10.7 Å². The predicted molar refractivity (Wildman–Crippen MR) is 151 cm³/mol. The van der Waals surface area contributed by atoms with Crippen molar-refractivity contribution < 1.29 is 19.1 Å². The van der Waals surface area contributed by atoms with Crippen molar-refractivity contribution in [1.82, 2.24) is 25.6 Å². The van der Waals surface area contributed by atoms with Gasteiger partial charge in [0.1, 0.15) is 11.5 Å². The number of imide groups is 1. The number of carbonyl (C=O) groups is 2. The first-order valence-electron chi connectivity index (χ1n) is 12.7. The number of piperidine rings is 1. The van der Waals surface area contributed by atoms with E-state index in [1.807, 2.05) is 30.5 Å². The summed E-state index contributed by atoms with van der Waals surface area (Å²) in [5.74, 6) is 2.28. The summed E-state index contributed by atoms with van der Waals surface area (Å²) in [6, 6.07) is 11.6. The number of nitrogens with zero attached hydrogens (tertiary/aromatic N) is 4. The summed E-state index contributed by atoms with van der Waals surface area (Å²) in [6.45, 7) is 3.39. The Labute approximate surface area is 231 Å². The normalized spacial score (nSPS) is 17.0. The van der Waals surface area contributed by atoms with E-state index < -0.39 is 0 Å². The summed E-state index contributed by atoms with van der Waals surface area (Å²) in [5, 5.41) is 5.50. The smallest absolute Gasteiger partial charge is 0.290 e. The molecule has 0 bridgehead atoms. The number of aromatic nitrogens is 3. The first-order chi connectivity index (χ1) is 19.0. The van der Waals surface area contributed by atoms with Crippen LogP contribution in [0, 0.1) is 5.92 Å². The summed E-state index contributed by atoms with van der Waals surface area (Å²) in [4.78, 5) is 39.3. The molecule has 4 heterocycles. The molecule has 202 valence electrons. The number of nitrogens with one attached hydrogen (secondary N) is 2. The minimum Gasteiger partial charge on any atom is -0.497 e. The van der Waals surface area contributed by atoms with E-state index in [0.717, 1.165) is 79.1 Å². The molecule has 11 heteroatoms. The van der Waals surface area contributed by atoms with Crippen LogP contribution in [0.15, 0.2) is 53.7 Å². The van der Waals surface area contributed by atoms with Crippen LogP contribution in [0.2, 0.25) is 0 Å². The molecule has 0 spiro atoms. The zero-order valence-corrected chi connectivity index (χ0v) is 22.7. The quantitative estimate of drug-likeness (QED) is 0.383. The molecule has 0 aliphatic carbocycles. The monoisotopic (exact) mass is 546 g/mol. The maximum atomic E-state index is 11.8. The summed E-state index contributed by atoms with van der Waals surface area (Å²) >= 11 is 0.885. The molecular formula is C28H30N6O4S. The molecule has 0 unspecified atom stereocenters. The van der Waals surface area contributed by atoms with Crippen LogP contribution < -0.4 is 25.0 Å². The number of rotatable bonds is 9. The highest BCUT2D eigenvalue weighted by Gasteiger charge is 2.26. The van der Waals surface area contributed by atoms with E-state index in [-0.39, 0.29) is 11.1 Å². The number of benzene rings is 1. The van der Waals surface area contributed by atoms with Crippen LogP contribution in [0.25, 0.3) is 17.3 Å². The molecule has 3 aromatic rings. The molecule has 2 aliphatic rings. The van der Waals surface area contributed by atoms with E-state index >= 15 is 0 Å². The standard InChI is InChI=1S/C28H30N6O4S/c1-37-21-3-4-22(24(15-21)38-2)23-13-19(5-9-30-23)17-29-16-18-7-11-34(12-8-18)27-31-10-6-20(32-27)14-25-26(35)33-28(36)39-25/h3-6,9-10,13-15,18,29H,7-8,11-12,16-17H2,1-2H3,(H,33,35,36)/b25-14-. The van der Waals surface area contributed by atoms with Crippen molar-refractivity contribution in [3.05, 3.63) is 65.0 Å². The van der Waals surface area contributed by atoms with Crippen molar-refractivity contribution in [2.24, 2.45) is 5.92 Å². The molecular weight excluding hydrogens is 516 g/mol. The number of pyridine rings is 1. The first kappa shape index (κ1) is 26.6. The van der Waals surface area contributed by atoms with Crippen molar-refractivity contribution in [2.45, 2.75) is 19.4 Å². The van der Waals surface area contributed by atoms with Gasteiger partial charge < -0.3 is 19.7 Å². The molecule has 2 N–H and O–H groups in total. The second-order valence-electron chi connectivity index (χ2n) is 9.31. The van der Waals surface area contributed by atoms with E-state index in [0.29, 0.717) is 22.5 Å². The fourth-order valence-corrected chi connectivity index (χ4v) is 5.32. The van der Waals surface area contributed by atoms with E-state index in [9.17, 15) is 9.59 Å². The Morgan fingerprint density at radius 2 is 1.90 bits per heavy atom. The molecule has 1 aromatic carbocycles. The van der Waals surface area contributed by atoms with E-state index in [1.165, 1.54) is 0 Å². The molecule has 0 saturated carbocycles. The third-order valence-electron chi connectivity index (χ3n) is 6.75. The van der Waals surface area contributed by atoms with Gasteiger partial charge in [-0.1, -0.05) is 0 Å². The lowest BCUT2D eigenvalue weighted by Crippen LogP contribution is -2.38. The van der Waals surface area contributed by atoms with E-state index in [2.05, 4.69) is 36.6 Å². The number of carbonyl (C=O) groups excluding carboxylic acids is 2. The van der Waals surface area contributed by atoms with Gasteiger partial charge in [-0.3, -0.25) is 19.9 Å². The largest absolute Gasteiger partial charge is 0.497 e. The van der Waals surface area contributed by atoms with Gasteiger partial charge in [-0.25, -0.2) is 9.97 Å². The fourth-order valence-electron chi connectivity index (χ4n) is 4.65. The third-order valence-corrected chi connectivity index (χ3v) is 7.56. The summed E-state index contributed by atoms with van der Waals surface area (Å²) in [5.41, 5.74) is 3.55. The number of hydrogen-bond acceptors (Lipinski definition) is 10. The number of methoxy groups -OCH3 is 2. The molecule has 2 amide bonds. The second-order valence-corrected chi connectivity index (χ2v) is 10.3. The minimum absolute atomic E-state index is 0.346. The highest BCUT2D eigenvalue weighted by atomic mass is 32.2. The Morgan fingerprint density at radius 1 is 1.08 bits per heavy atom. The van der Waals surface area contributed by atoms with Crippen molar-refractivity contribution in [2.75, 3.05) is 38.8 Å². The zero-order valence-electron chi connectivity index (χ0n) is 21.8. The Bertz CT molecular complexity index is 1390. The molecule has 10 nitrogen and oxygen atoms in total. The first-order valence-corrected chi connectivity index (χ1v) is 13.5. The Morgan fingerprint density at radius 3 is 2.64 bits per heavy atom. The highest BCUT2D eigenvalue weighted by Crippen LogP contribution is 2.32. The van der Waals surface area contributed by atoms with Crippen molar-refractivity contribution in [1.29, 1.82) is 0 Å². The third kappa shape index (κ3) is 6.55. The number of ether oxygens (including phenoxy) is 2. The topological polar surface area (TPSA) is 119 Å². The van der Waals surface area contributed by atoms with Gasteiger partial charge in [0.15, 0.2) is 0 Å². The average molecular weight is 547 g/mol. The van der Waals surface area contributed by atoms with Crippen LogP contribution in [0.3, 0.4) is 0 Å². The van der Waals surface area contributed by atoms with Gasteiger partial charge in [-0.2, -0.15) is 0 Å². The Hall–Kier alpha value is -3.96. The lowest BCUT2D eigenvalue weighted by Gasteiger charge is -2.32. The molecule has 0 radical (unpaired) electrons. The molecule has 2 fully saturated rings. The van der Waals surface area contributed by atoms with Gasteiger partial charge in [0.2, 0.25) is 5.95 Å². The number of anilines is 1. The summed E-state index contributed by atoms with van der Waals surface area (Å²) in [7, 11) is 3.28. The lowest BCUT2D eigenvalue weighted by molar-refractivity contribution is -0.115. The molecule has 2 aromatic heterocycles. The zero-order chi connectivity index (χ0) is 27.2. The Balaban J connectivity index is 1.13. The second kappa shape index (κ2) is 12.3. The SMILES string of the molecule is COc1ccc(-c2cc(CNCC3CCN(c4nccc(/C=C5\SC(=O)NC5=O)n4)CC3)ccn2)c(OC)c1. The fraction of sp³-hybridized carbons (Fsp3) is 0.321. The van der Waals surface area contributed by atoms with E-state index in [4.69, 9.17) is 9.47 Å². The number of hydrogen-bond donors (Lipinski definition) is 2. The van der Waals surface area contributed by atoms with Crippen molar-refractivity contribution >= 4 is 34.9 Å². The molecule has 5 rings (SSSR count). The van der Waals surface area contributed by atoms with Crippen molar-refractivity contribution in [3.8, 4) is 22.8 Å². The van der Waals surface area contributed by atoms with Crippen LogP contribution in [0.1, 0.15) is 24.1 Å². The van der Waals surface area contributed by atoms with Gasteiger partial charge in [-0.05, 0) is 79.0 Å². The van der Waals surface area contributed by atoms with Crippen LogP contribution >= 0.6 is 11.8 Å². The molecule has 0 atom stereocenters. The van der Waals surface area contributed by atoms with Gasteiger partial charge in [-0.15, -0.1) is 0 Å². The summed E-state index contributed by atoms with van der Waals surface area (Å²) < 4.78 is 10.9. The van der Waals surface area contributed by atoms with Crippen LogP contribution in [-0.2, 0) is 11.3 Å². The average Bonchev–Trinajstić information content (AvgIpc) is 3.29. The van der Waals surface area contributed by atoms with Gasteiger partial charge in [0.05, 0.1) is 30.5 Å². The van der Waals surface area contributed by atoms with Gasteiger partial charge in [0.25, 0.3) is 11.1 Å². The van der Waals surface area contributed by atoms with E-state index in [1.54, 1.807) is 32.6 Å². The molecule has 2 aliphatic heterocycles. The van der Waals surface area contributed by atoms with Gasteiger partial charge >= 0.3 is 0 Å². The van der Waals surface area contributed by atoms with Crippen LogP contribution in [-0.4, -0.2) is 60.0 Å². The summed E-state index contributed by atoms with van der Waals surface area (Å²) in [6.07, 6.45) is 7.20. The van der Waals surface area contributed by atoms with Crippen LogP contribution in [0.5, 0.6) is 11.5 Å². The number of thioether (sulfide) groups is 1.